The quantitative estimate of drug-likeness (QED) is 0.636. The first-order valence-corrected chi connectivity index (χ1v) is 9.74. The summed E-state index contributed by atoms with van der Waals surface area (Å²) >= 11 is 0. The molecule has 5 rings (SSSR count). The standard InChI is InChI=1S/C23H23N3O2/c1-23(2)18-12-14(26-9-7-15(27)8-10-26)4-6-16(18)21(28)20-17-5-3-13(24)11-19(17)25-22(20)23/h3-6,11-12,25H,7-10,24H2,1-2H3. The third-order valence-corrected chi connectivity index (χ3v) is 6.28. The number of fused-ring (bicyclic) bond motifs is 4. The number of benzene rings is 2. The summed E-state index contributed by atoms with van der Waals surface area (Å²) in [5.41, 5.74) is 11.7. The summed E-state index contributed by atoms with van der Waals surface area (Å²) in [6, 6.07) is 11.7. The Hall–Kier alpha value is -3.08. The second kappa shape index (κ2) is 5.71. The molecule has 2 heterocycles. The van der Waals surface area contributed by atoms with Crippen LogP contribution in [0.1, 0.15) is 53.9 Å². The van der Waals surface area contributed by atoms with Gasteiger partial charge >= 0.3 is 0 Å². The van der Waals surface area contributed by atoms with Crippen LogP contribution in [0.2, 0.25) is 0 Å². The van der Waals surface area contributed by atoms with Gasteiger partial charge in [0.1, 0.15) is 5.78 Å². The van der Waals surface area contributed by atoms with Crippen LogP contribution in [0, 0.1) is 0 Å². The van der Waals surface area contributed by atoms with Crippen LogP contribution in [0.25, 0.3) is 10.9 Å². The Morgan fingerprint density at radius 3 is 2.54 bits per heavy atom. The molecule has 0 amide bonds. The number of H-pyrrole nitrogens is 1. The van der Waals surface area contributed by atoms with E-state index in [0.29, 0.717) is 24.3 Å². The number of anilines is 2. The lowest BCUT2D eigenvalue weighted by atomic mass is 9.71. The van der Waals surface area contributed by atoms with Gasteiger partial charge in [-0.1, -0.05) is 19.9 Å². The molecule has 2 aliphatic rings. The monoisotopic (exact) mass is 373 g/mol. The first kappa shape index (κ1) is 17.0. The zero-order valence-electron chi connectivity index (χ0n) is 16.1. The van der Waals surface area contributed by atoms with Gasteiger partial charge in [0.15, 0.2) is 5.78 Å². The molecule has 0 spiro atoms. The van der Waals surface area contributed by atoms with Gasteiger partial charge in [-0.25, -0.2) is 0 Å². The molecule has 142 valence electrons. The Morgan fingerprint density at radius 2 is 1.79 bits per heavy atom. The fraction of sp³-hybridized carbons (Fsp3) is 0.304. The Balaban J connectivity index is 1.66. The van der Waals surface area contributed by atoms with E-state index in [1.807, 2.05) is 30.3 Å². The van der Waals surface area contributed by atoms with Crippen LogP contribution < -0.4 is 10.6 Å². The van der Waals surface area contributed by atoms with Crippen LogP contribution in [0.3, 0.4) is 0 Å². The van der Waals surface area contributed by atoms with E-state index < -0.39 is 0 Å². The highest BCUT2D eigenvalue weighted by Gasteiger charge is 2.40. The van der Waals surface area contributed by atoms with Crippen molar-refractivity contribution >= 4 is 33.8 Å². The zero-order chi connectivity index (χ0) is 19.6. The first-order chi connectivity index (χ1) is 13.4. The topological polar surface area (TPSA) is 79.2 Å². The van der Waals surface area contributed by atoms with Crippen LogP contribution in [0.15, 0.2) is 36.4 Å². The maximum atomic E-state index is 13.4. The van der Waals surface area contributed by atoms with Gasteiger partial charge in [-0.3, -0.25) is 9.59 Å². The number of piperidine rings is 1. The van der Waals surface area contributed by atoms with Gasteiger partial charge in [0.05, 0.1) is 5.56 Å². The van der Waals surface area contributed by atoms with Gasteiger partial charge in [0, 0.05) is 64.9 Å². The van der Waals surface area contributed by atoms with Crippen LogP contribution in [0.4, 0.5) is 11.4 Å². The van der Waals surface area contributed by atoms with Gasteiger partial charge in [-0.15, -0.1) is 0 Å². The van der Waals surface area contributed by atoms with Crippen LogP contribution in [-0.2, 0) is 10.2 Å². The molecule has 2 aromatic carbocycles. The fourth-order valence-electron chi connectivity index (χ4n) is 4.65. The lowest BCUT2D eigenvalue weighted by molar-refractivity contribution is -0.119. The van der Waals surface area contributed by atoms with Crippen LogP contribution >= 0.6 is 0 Å². The second-order valence-electron chi connectivity index (χ2n) is 8.39. The minimum atomic E-state index is -0.339. The highest BCUT2D eigenvalue weighted by Crippen LogP contribution is 2.45. The highest BCUT2D eigenvalue weighted by molar-refractivity contribution is 6.20. The second-order valence-corrected chi connectivity index (χ2v) is 8.39. The van der Waals surface area contributed by atoms with Gasteiger partial charge in [0.2, 0.25) is 0 Å². The molecule has 1 fully saturated rings. The van der Waals surface area contributed by atoms with Crippen molar-refractivity contribution in [3.05, 3.63) is 58.8 Å². The fourth-order valence-corrected chi connectivity index (χ4v) is 4.65. The van der Waals surface area contributed by atoms with Crippen molar-refractivity contribution in [2.45, 2.75) is 32.1 Å². The number of nitrogens with one attached hydrogen (secondary N) is 1. The molecule has 28 heavy (non-hydrogen) atoms. The van der Waals surface area contributed by atoms with Gasteiger partial charge in [-0.2, -0.15) is 0 Å². The third-order valence-electron chi connectivity index (χ3n) is 6.28. The minimum absolute atomic E-state index is 0.0562. The van der Waals surface area contributed by atoms with Crippen LogP contribution in [-0.4, -0.2) is 29.6 Å². The number of carbonyl (C=O) groups excluding carboxylic acids is 2. The molecule has 3 N–H and O–H groups in total. The van der Waals surface area contributed by atoms with E-state index in [1.54, 1.807) is 0 Å². The predicted octanol–water partition coefficient (Wildman–Crippen LogP) is 3.79. The van der Waals surface area contributed by atoms with E-state index in [4.69, 9.17) is 5.73 Å². The molecule has 5 heteroatoms. The van der Waals surface area contributed by atoms with Crippen molar-refractivity contribution in [2.75, 3.05) is 23.7 Å². The summed E-state index contributed by atoms with van der Waals surface area (Å²) in [6.07, 6.45) is 1.18. The summed E-state index contributed by atoms with van der Waals surface area (Å²) in [7, 11) is 0. The van der Waals surface area contributed by atoms with E-state index in [-0.39, 0.29) is 11.2 Å². The number of nitrogens with two attached hydrogens (primary N) is 1. The smallest absolute Gasteiger partial charge is 0.195 e. The molecule has 1 saturated heterocycles. The average Bonchev–Trinajstić information content (AvgIpc) is 3.06. The summed E-state index contributed by atoms with van der Waals surface area (Å²) in [5, 5.41) is 0.923. The number of nitrogen functional groups attached to an aromatic ring is 1. The Morgan fingerprint density at radius 1 is 1.04 bits per heavy atom. The van der Waals surface area contributed by atoms with Crippen molar-refractivity contribution in [1.82, 2.24) is 4.98 Å². The zero-order valence-corrected chi connectivity index (χ0v) is 16.1. The summed E-state index contributed by atoms with van der Waals surface area (Å²) in [4.78, 5) is 30.7. The molecule has 1 aliphatic heterocycles. The number of hydrogen-bond acceptors (Lipinski definition) is 4. The third kappa shape index (κ3) is 2.32. The van der Waals surface area contributed by atoms with Crippen molar-refractivity contribution < 1.29 is 9.59 Å². The van der Waals surface area contributed by atoms with Crippen molar-refractivity contribution in [3.8, 4) is 0 Å². The number of Topliss-reactive ketones (excluding diaryl/α,β-unsaturated/α-hetero) is 1. The molecule has 3 aromatic rings. The number of aromatic amines is 1. The SMILES string of the molecule is CC1(C)c2cc(N3CCC(=O)CC3)ccc2C(=O)c2c1[nH]c1cc(N)ccc21. The van der Waals surface area contributed by atoms with Gasteiger partial charge < -0.3 is 15.6 Å². The molecule has 1 aliphatic carbocycles. The van der Waals surface area contributed by atoms with E-state index in [1.165, 1.54) is 0 Å². The van der Waals surface area contributed by atoms with E-state index in [2.05, 4.69) is 29.8 Å². The Labute approximate surface area is 163 Å². The molecule has 0 atom stereocenters. The number of aromatic nitrogens is 1. The predicted molar refractivity (Wildman–Crippen MR) is 111 cm³/mol. The first-order valence-electron chi connectivity index (χ1n) is 9.74. The number of carbonyl (C=O) groups is 2. The summed E-state index contributed by atoms with van der Waals surface area (Å²) in [6.45, 7) is 5.78. The summed E-state index contributed by atoms with van der Waals surface area (Å²) < 4.78 is 0. The largest absolute Gasteiger partial charge is 0.399 e. The summed E-state index contributed by atoms with van der Waals surface area (Å²) in [5.74, 6) is 0.382. The molecule has 0 radical (unpaired) electrons. The number of nitrogens with zero attached hydrogens (tertiary/aromatic N) is 1. The van der Waals surface area contributed by atoms with Crippen LogP contribution in [0.5, 0.6) is 0 Å². The molecule has 0 unspecified atom stereocenters. The van der Waals surface area contributed by atoms with E-state index >= 15 is 0 Å². The maximum absolute atomic E-state index is 13.4. The van der Waals surface area contributed by atoms with Gasteiger partial charge in [-0.05, 0) is 35.9 Å². The molecule has 1 aromatic heterocycles. The normalized spacial score (nSPS) is 18.3. The molecular formula is C23H23N3O2. The maximum Gasteiger partial charge on any atom is 0.195 e. The average molecular weight is 373 g/mol. The number of hydrogen-bond donors (Lipinski definition) is 2. The molecule has 5 nitrogen and oxygen atoms in total. The molecule has 0 saturated carbocycles. The lowest BCUT2D eigenvalue weighted by Crippen LogP contribution is -2.35. The van der Waals surface area contributed by atoms with Crippen molar-refractivity contribution in [2.24, 2.45) is 0 Å². The number of rotatable bonds is 1. The lowest BCUT2D eigenvalue weighted by Gasteiger charge is -2.34. The minimum Gasteiger partial charge on any atom is -0.399 e. The Bertz CT molecular complexity index is 1150. The van der Waals surface area contributed by atoms with E-state index in [0.717, 1.165) is 52.1 Å². The highest BCUT2D eigenvalue weighted by atomic mass is 16.1. The molecular weight excluding hydrogens is 350 g/mol. The van der Waals surface area contributed by atoms with E-state index in [9.17, 15) is 9.59 Å². The van der Waals surface area contributed by atoms with Gasteiger partial charge in [0.25, 0.3) is 0 Å². The van der Waals surface area contributed by atoms with Crippen molar-refractivity contribution in [1.29, 1.82) is 0 Å². The van der Waals surface area contributed by atoms with Crippen molar-refractivity contribution in [3.63, 3.8) is 0 Å². The Kier molecular flexibility index (Phi) is 3.48. The molecule has 0 bridgehead atoms. The number of ketones is 2.